The first kappa shape index (κ1) is 40.8. The molecule has 0 radical (unpaired) electrons. The van der Waals surface area contributed by atoms with Crippen molar-refractivity contribution in [3.63, 3.8) is 0 Å². The van der Waals surface area contributed by atoms with Crippen LogP contribution >= 0.6 is 0 Å². The normalized spacial score (nSPS) is 17.6. The number of nitrogens with zero attached hydrogens (tertiary/aromatic N) is 1. The van der Waals surface area contributed by atoms with E-state index in [2.05, 4.69) is 77.3 Å². The highest BCUT2D eigenvalue weighted by Gasteiger charge is 2.50. The van der Waals surface area contributed by atoms with Gasteiger partial charge in [0, 0.05) is 17.0 Å². The molecule has 0 spiro atoms. The lowest BCUT2D eigenvalue weighted by Gasteiger charge is -2.38. The molecule has 0 unspecified atom stereocenters. The Bertz CT molecular complexity index is 1690. The first-order valence-corrected chi connectivity index (χ1v) is 15.9. The fourth-order valence-electron chi connectivity index (χ4n) is 5.73. The van der Waals surface area contributed by atoms with Crippen molar-refractivity contribution < 1.29 is 0 Å². The predicted molar refractivity (Wildman–Crippen MR) is 222 cm³/mol. The highest BCUT2D eigenvalue weighted by atomic mass is 15.2. The average Bonchev–Trinajstić information content (AvgIpc) is 3.37. The summed E-state index contributed by atoms with van der Waals surface area (Å²) in [6, 6.07) is 0. The number of hydrogen-bond donors (Lipinski definition) is 0. The molecule has 49 heavy (non-hydrogen) atoms. The van der Waals surface area contributed by atoms with Crippen LogP contribution in [0.25, 0.3) is 0 Å². The van der Waals surface area contributed by atoms with Crippen LogP contribution in [0.15, 0.2) is 281 Å². The van der Waals surface area contributed by atoms with E-state index in [1.165, 1.54) is 0 Å². The van der Waals surface area contributed by atoms with E-state index in [9.17, 15) is 0 Å². The van der Waals surface area contributed by atoms with Crippen LogP contribution in [0.1, 0.15) is 6.92 Å². The van der Waals surface area contributed by atoms with Crippen LogP contribution in [0, 0.1) is 5.41 Å². The van der Waals surface area contributed by atoms with Crippen molar-refractivity contribution in [1.29, 1.82) is 0 Å². The van der Waals surface area contributed by atoms with E-state index in [-0.39, 0.29) is 0 Å². The Balaban J connectivity index is 5.21. The van der Waals surface area contributed by atoms with Crippen LogP contribution in [-0.2, 0) is 0 Å². The first-order chi connectivity index (χ1) is 23.9. The molecule has 1 heteroatoms. The fourth-order valence-corrected chi connectivity index (χ4v) is 5.73. The van der Waals surface area contributed by atoms with Crippen LogP contribution in [0.3, 0.4) is 0 Å². The summed E-state index contributed by atoms with van der Waals surface area (Å²) in [5, 5.41) is 0. The number of hydrogen-bond acceptors (Lipinski definition) is 1. The Kier molecular flexibility index (Phi) is 18.6. The summed E-state index contributed by atoms with van der Waals surface area (Å²) in [6.07, 6.45) is 49.3. The SMILES string of the molecule is C=C/C=C\C1=C(C=C)C(C(/C=C\C=C)=C/C=C)(C(/C=C\C=C)=C/C=C)C(=C/C=C)/C1=C(\C=C)N(C(/C=C\C)=C/C=C)C(/C=C\C=C)=C/C=C. The van der Waals surface area contributed by atoms with Crippen LogP contribution in [0.5, 0.6) is 0 Å². The molecule has 0 aromatic rings. The van der Waals surface area contributed by atoms with Gasteiger partial charge in [0.25, 0.3) is 0 Å². The van der Waals surface area contributed by atoms with Crippen LogP contribution in [-0.4, -0.2) is 4.90 Å². The summed E-state index contributed by atoms with van der Waals surface area (Å²) in [7, 11) is 0. The molecule has 0 heterocycles. The van der Waals surface area contributed by atoms with E-state index in [0.29, 0.717) is 0 Å². The standard InChI is InChI=1S/C48H51N/c1-13-25-35-39(29-17-5)48(40(30-18-6)36-26-14-2)44(23-11)43(38-28-16-4)47(45(48)34-22-10)46(24-12)49(41(31-19-7)32-20-8)42(33-21-9)37-27-15-3/h13-38H,1-7,9-12H2,8H3/b32-20-,35-25-,36-26-,37-27-,38-28-,39-29+,40-30+,41-31+,42-33+,45-34+,47-46+. The lowest BCUT2D eigenvalue weighted by atomic mass is 9.64. The van der Waals surface area contributed by atoms with Crippen molar-refractivity contribution in [3.05, 3.63) is 281 Å². The smallest absolute Gasteiger partial charge is 0.0714 e. The molecule has 1 nitrogen and oxygen atoms in total. The Hall–Kier alpha value is -6.18. The van der Waals surface area contributed by atoms with Gasteiger partial charge in [0.15, 0.2) is 0 Å². The van der Waals surface area contributed by atoms with E-state index in [4.69, 9.17) is 0 Å². The van der Waals surface area contributed by atoms with Gasteiger partial charge in [-0.2, -0.15) is 0 Å². The Morgan fingerprint density at radius 3 is 1.45 bits per heavy atom. The molecule has 1 aliphatic carbocycles. The van der Waals surface area contributed by atoms with Crippen molar-refractivity contribution in [2.24, 2.45) is 5.41 Å². The minimum Gasteiger partial charge on any atom is -0.310 e. The summed E-state index contributed by atoms with van der Waals surface area (Å²) in [6.45, 7) is 47.0. The predicted octanol–water partition coefficient (Wildman–Crippen LogP) is 13.2. The molecule has 0 aromatic carbocycles. The average molecular weight is 642 g/mol. The highest BCUT2D eigenvalue weighted by molar-refractivity contribution is 5.80. The molecule has 248 valence electrons. The van der Waals surface area contributed by atoms with Crippen molar-refractivity contribution in [3.8, 4) is 0 Å². The van der Waals surface area contributed by atoms with Gasteiger partial charge in [-0.25, -0.2) is 0 Å². The van der Waals surface area contributed by atoms with Crippen molar-refractivity contribution in [2.45, 2.75) is 6.92 Å². The molecule has 0 saturated carbocycles. The molecule has 0 N–H and O–H groups in total. The van der Waals surface area contributed by atoms with E-state index < -0.39 is 5.41 Å². The largest absolute Gasteiger partial charge is 0.310 e. The van der Waals surface area contributed by atoms with Gasteiger partial charge in [-0.15, -0.1) is 0 Å². The van der Waals surface area contributed by atoms with Gasteiger partial charge >= 0.3 is 0 Å². The number of allylic oxidation sites excluding steroid dienone is 32. The highest BCUT2D eigenvalue weighted by Crippen LogP contribution is 2.61. The molecular formula is C48H51N. The summed E-state index contributed by atoms with van der Waals surface area (Å²) >= 11 is 0. The molecule has 0 amide bonds. The maximum Gasteiger partial charge on any atom is 0.0714 e. The third kappa shape index (κ3) is 9.44. The minimum absolute atomic E-state index is 0.780. The summed E-state index contributed by atoms with van der Waals surface area (Å²) in [5.74, 6) is 0. The van der Waals surface area contributed by atoms with Crippen LogP contribution in [0.4, 0.5) is 0 Å². The molecule has 0 saturated heterocycles. The third-order valence-corrected chi connectivity index (χ3v) is 7.33. The van der Waals surface area contributed by atoms with Gasteiger partial charge in [-0.1, -0.05) is 200 Å². The van der Waals surface area contributed by atoms with Gasteiger partial charge in [-0.3, -0.25) is 0 Å². The quantitative estimate of drug-likeness (QED) is 0.113. The maximum atomic E-state index is 4.39. The minimum atomic E-state index is -0.949. The molecule has 0 aliphatic heterocycles. The van der Waals surface area contributed by atoms with Gasteiger partial charge in [0.05, 0.1) is 11.1 Å². The second-order valence-corrected chi connectivity index (χ2v) is 10.1. The molecule has 1 rings (SSSR count). The molecular weight excluding hydrogens is 591 g/mol. The zero-order valence-corrected chi connectivity index (χ0v) is 29.2. The second kappa shape index (κ2) is 22.4. The van der Waals surface area contributed by atoms with E-state index in [0.717, 1.165) is 50.5 Å². The van der Waals surface area contributed by atoms with Gasteiger partial charge in [0.2, 0.25) is 0 Å². The summed E-state index contributed by atoms with van der Waals surface area (Å²) in [4.78, 5) is 2.12. The topological polar surface area (TPSA) is 3.24 Å². The second-order valence-electron chi connectivity index (χ2n) is 10.1. The molecule has 0 fully saturated rings. The maximum absolute atomic E-state index is 4.39. The monoisotopic (exact) mass is 641 g/mol. The number of rotatable bonds is 21. The Labute approximate surface area is 297 Å². The van der Waals surface area contributed by atoms with Crippen LogP contribution in [0.2, 0.25) is 0 Å². The van der Waals surface area contributed by atoms with Crippen molar-refractivity contribution in [1.82, 2.24) is 4.90 Å². The molecule has 0 bridgehead atoms. The molecule has 0 aromatic heterocycles. The molecule has 0 atom stereocenters. The third-order valence-electron chi connectivity index (χ3n) is 7.33. The lowest BCUT2D eigenvalue weighted by molar-refractivity contribution is 0.571. The van der Waals surface area contributed by atoms with Crippen LogP contribution < -0.4 is 0 Å². The first-order valence-electron chi connectivity index (χ1n) is 15.9. The van der Waals surface area contributed by atoms with E-state index in [1.54, 1.807) is 54.7 Å². The molecule has 1 aliphatic rings. The fraction of sp³-hybridized carbons (Fsp3) is 0.0417. The zero-order valence-electron chi connectivity index (χ0n) is 29.2. The van der Waals surface area contributed by atoms with Crippen molar-refractivity contribution in [2.75, 3.05) is 0 Å². The Morgan fingerprint density at radius 1 is 0.551 bits per heavy atom. The van der Waals surface area contributed by atoms with E-state index >= 15 is 0 Å². The van der Waals surface area contributed by atoms with Gasteiger partial charge < -0.3 is 4.90 Å². The summed E-state index contributed by atoms with van der Waals surface area (Å²) in [5.41, 5.74) is 6.90. The van der Waals surface area contributed by atoms with Gasteiger partial charge in [0.1, 0.15) is 0 Å². The van der Waals surface area contributed by atoms with E-state index in [1.807, 2.05) is 110 Å². The summed E-state index contributed by atoms with van der Waals surface area (Å²) < 4.78 is 0. The van der Waals surface area contributed by atoms with Crippen molar-refractivity contribution >= 4 is 0 Å². The van der Waals surface area contributed by atoms with Gasteiger partial charge in [-0.05, 0) is 65.2 Å². The lowest BCUT2D eigenvalue weighted by Crippen LogP contribution is -2.28. The zero-order chi connectivity index (χ0) is 36.7. The Morgan fingerprint density at radius 2 is 1.04 bits per heavy atom.